The molecule has 0 saturated heterocycles. The molecule has 1 aromatic rings. The normalized spacial score (nSPS) is 12.7. The molecule has 0 heterocycles. The number of alkyl halides is 1. The standard InChI is InChI=1S/C12H17Cl2N/c1-2-12(7-8-13)15-9-10-3-5-11(14)6-4-10/h3-6,12,15H,2,7-9H2,1H3. The van der Waals surface area contributed by atoms with E-state index in [0.717, 1.165) is 24.4 Å². The summed E-state index contributed by atoms with van der Waals surface area (Å²) < 4.78 is 0. The summed E-state index contributed by atoms with van der Waals surface area (Å²) in [4.78, 5) is 0. The van der Waals surface area contributed by atoms with Gasteiger partial charge in [-0.25, -0.2) is 0 Å². The predicted octanol–water partition coefficient (Wildman–Crippen LogP) is 3.84. The smallest absolute Gasteiger partial charge is 0.0406 e. The summed E-state index contributed by atoms with van der Waals surface area (Å²) in [5.41, 5.74) is 1.26. The first-order valence-corrected chi connectivity index (χ1v) is 6.21. The first-order chi connectivity index (χ1) is 7.26. The molecule has 3 heteroatoms. The molecule has 0 aliphatic heterocycles. The van der Waals surface area contributed by atoms with Gasteiger partial charge < -0.3 is 5.32 Å². The van der Waals surface area contributed by atoms with Gasteiger partial charge in [0.2, 0.25) is 0 Å². The highest BCUT2D eigenvalue weighted by atomic mass is 35.5. The topological polar surface area (TPSA) is 12.0 Å². The molecular weight excluding hydrogens is 229 g/mol. The largest absolute Gasteiger partial charge is 0.310 e. The molecule has 0 radical (unpaired) electrons. The third-order valence-electron chi connectivity index (χ3n) is 2.46. The third kappa shape index (κ3) is 4.87. The summed E-state index contributed by atoms with van der Waals surface area (Å²) in [6.07, 6.45) is 2.13. The Bertz CT molecular complexity index is 271. The highest BCUT2D eigenvalue weighted by molar-refractivity contribution is 6.30. The monoisotopic (exact) mass is 245 g/mol. The molecule has 0 aliphatic carbocycles. The SMILES string of the molecule is CCC(CCCl)NCc1ccc(Cl)cc1. The lowest BCUT2D eigenvalue weighted by Gasteiger charge is -2.15. The molecule has 1 N–H and O–H groups in total. The molecule has 0 bridgehead atoms. The fourth-order valence-corrected chi connectivity index (χ4v) is 1.84. The molecule has 0 amide bonds. The van der Waals surface area contributed by atoms with Crippen LogP contribution >= 0.6 is 23.2 Å². The van der Waals surface area contributed by atoms with Crippen molar-refractivity contribution in [1.82, 2.24) is 5.32 Å². The van der Waals surface area contributed by atoms with E-state index in [4.69, 9.17) is 23.2 Å². The van der Waals surface area contributed by atoms with E-state index in [0.29, 0.717) is 11.9 Å². The van der Waals surface area contributed by atoms with Gasteiger partial charge in [0, 0.05) is 23.5 Å². The van der Waals surface area contributed by atoms with Crippen LogP contribution in [-0.2, 0) is 6.54 Å². The maximum absolute atomic E-state index is 5.81. The summed E-state index contributed by atoms with van der Waals surface area (Å²) in [6.45, 7) is 3.05. The van der Waals surface area contributed by atoms with Crippen LogP contribution in [0.2, 0.25) is 5.02 Å². The van der Waals surface area contributed by atoms with Crippen LogP contribution in [0.5, 0.6) is 0 Å². The summed E-state index contributed by atoms with van der Waals surface area (Å²) in [6, 6.07) is 8.44. The Morgan fingerprint density at radius 1 is 1.27 bits per heavy atom. The van der Waals surface area contributed by atoms with E-state index in [1.54, 1.807) is 0 Å². The number of benzene rings is 1. The second-order valence-electron chi connectivity index (χ2n) is 3.59. The van der Waals surface area contributed by atoms with E-state index in [9.17, 15) is 0 Å². The van der Waals surface area contributed by atoms with Crippen LogP contribution in [0.25, 0.3) is 0 Å². The van der Waals surface area contributed by atoms with E-state index in [-0.39, 0.29) is 0 Å². The molecule has 0 saturated carbocycles. The first-order valence-electron chi connectivity index (χ1n) is 5.30. The van der Waals surface area contributed by atoms with Crippen molar-refractivity contribution >= 4 is 23.2 Å². The van der Waals surface area contributed by atoms with Crippen LogP contribution in [0.15, 0.2) is 24.3 Å². The van der Waals surface area contributed by atoms with Gasteiger partial charge in [0.05, 0.1) is 0 Å². The van der Waals surface area contributed by atoms with Crippen molar-refractivity contribution in [2.75, 3.05) is 5.88 Å². The van der Waals surface area contributed by atoms with Crippen molar-refractivity contribution in [1.29, 1.82) is 0 Å². The lowest BCUT2D eigenvalue weighted by Crippen LogP contribution is -2.28. The number of halogens is 2. The molecule has 1 aromatic carbocycles. The Kier molecular flexibility index (Phi) is 6.07. The molecule has 1 nitrogen and oxygen atoms in total. The Morgan fingerprint density at radius 3 is 2.47 bits per heavy atom. The Hall–Kier alpha value is -0.240. The average molecular weight is 246 g/mol. The summed E-state index contributed by atoms with van der Waals surface area (Å²) >= 11 is 11.5. The molecule has 1 atom stereocenters. The van der Waals surface area contributed by atoms with Crippen molar-refractivity contribution in [3.05, 3.63) is 34.9 Å². The number of nitrogens with one attached hydrogen (secondary N) is 1. The van der Waals surface area contributed by atoms with Gasteiger partial charge in [-0.2, -0.15) is 0 Å². The van der Waals surface area contributed by atoms with Gasteiger partial charge >= 0.3 is 0 Å². The summed E-state index contributed by atoms with van der Waals surface area (Å²) in [5.74, 6) is 0.714. The van der Waals surface area contributed by atoms with Crippen LogP contribution < -0.4 is 5.32 Å². The fraction of sp³-hybridized carbons (Fsp3) is 0.500. The van der Waals surface area contributed by atoms with Crippen LogP contribution in [0.3, 0.4) is 0 Å². The van der Waals surface area contributed by atoms with Crippen molar-refractivity contribution < 1.29 is 0 Å². The van der Waals surface area contributed by atoms with Gasteiger partial charge in [0.25, 0.3) is 0 Å². The molecule has 0 aliphatic rings. The lowest BCUT2D eigenvalue weighted by atomic mass is 10.1. The Labute approximate surface area is 102 Å². The quantitative estimate of drug-likeness (QED) is 0.752. The summed E-state index contributed by atoms with van der Waals surface area (Å²) in [7, 11) is 0. The first kappa shape index (κ1) is 12.8. The highest BCUT2D eigenvalue weighted by Gasteiger charge is 2.04. The zero-order valence-electron chi connectivity index (χ0n) is 8.97. The average Bonchev–Trinajstić information content (AvgIpc) is 2.26. The Morgan fingerprint density at radius 2 is 1.93 bits per heavy atom. The number of rotatable bonds is 6. The summed E-state index contributed by atoms with van der Waals surface area (Å²) in [5, 5.41) is 4.26. The van der Waals surface area contributed by atoms with Crippen molar-refractivity contribution in [3.63, 3.8) is 0 Å². The lowest BCUT2D eigenvalue weighted by molar-refractivity contribution is 0.486. The minimum Gasteiger partial charge on any atom is -0.310 e. The van der Waals surface area contributed by atoms with Crippen molar-refractivity contribution in [3.8, 4) is 0 Å². The third-order valence-corrected chi connectivity index (χ3v) is 2.93. The molecule has 15 heavy (non-hydrogen) atoms. The van der Waals surface area contributed by atoms with E-state index in [1.165, 1.54) is 5.56 Å². The zero-order chi connectivity index (χ0) is 11.1. The maximum atomic E-state index is 5.81. The van der Waals surface area contributed by atoms with E-state index < -0.39 is 0 Å². The van der Waals surface area contributed by atoms with Crippen LogP contribution in [-0.4, -0.2) is 11.9 Å². The zero-order valence-corrected chi connectivity index (χ0v) is 10.5. The van der Waals surface area contributed by atoms with Crippen molar-refractivity contribution in [2.45, 2.75) is 32.4 Å². The van der Waals surface area contributed by atoms with E-state index in [1.807, 2.05) is 24.3 Å². The number of hydrogen-bond donors (Lipinski definition) is 1. The van der Waals surface area contributed by atoms with Gasteiger partial charge in [-0.1, -0.05) is 30.7 Å². The predicted molar refractivity (Wildman–Crippen MR) is 67.7 cm³/mol. The van der Waals surface area contributed by atoms with Gasteiger partial charge in [-0.3, -0.25) is 0 Å². The van der Waals surface area contributed by atoms with Gasteiger partial charge in [0.15, 0.2) is 0 Å². The van der Waals surface area contributed by atoms with Gasteiger partial charge in [-0.05, 0) is 30.5 Å². The molecular formula is C12H17Cl2N. The van der Waals surface area contributed by atoms with E-state index >= 15 is 0 Å². The van der Waals surface area contributed by atoms with Gasteiger partial charge in [0.1, 0.15) is 0 Å². The second kappa shape index (κ2) is 7.10. The molecule has 0 spiro atoms. The molecule has 1 unspecified atom stereocenters. The Balaban J connectivity index is 2.38. The second-order valence-corrected chi connectivity index (χ2v) is 4.40. The van der Waals surface area contributed by atoms with Crippen LogP contribution in [0.1, 0.15) is 25.3 Å². The van der Waals surface area contributed by atoms with Crippen LogP contribution in [0, 0.1) is 0 Å². The molecule has 84 valence electrons. The maximum Gasteiger partial charge on any atom is 0.0406 e. The molecule has 0 fully saturated rings. The van der Waals surface area contributed by atoms with Gasteiger partial charge in [-0.15, -0.1) is 11.6 Å². The van der Waals surface area contributed by atoms with Crippen molar-refractivity contribution in [2.24, 2.45) is 0 Å². The minimum absolute atomic E-state index is 0.512. The fourth-order valence-electron chi connectivity index (χ4n) is 1.45. The minimum atomic E-state index is 0.512. The van der Waals surface area contributed by atoms with Crippen LogP contribution in [0.4, 0.5) is 0 Å². The highest BCUT2D eigenvalue weighted by Crippen LogP contribution is 2.10. The van der Waals surface area contributed by atoms with E-state index in [2.05, 4.69) is 12.2 Å². The molecule has 0 aromatic heterocycles. The number of hydrogen-bond acceptors (Lipinski definition) is 1. The molecule has 1 rings (SSSR count).